The lowest BCUT2D eigenvalue weighted by atomic mass is 9.77. The first-order valence-electron chi connectivity index (χ1n) is 9.53. The molecule has 0 radical (unpaired) electrons. The van der Waals surface area contributed by atoms with E-state index in [1.807, 2.05) is 53.7 Å². The Labute approximate surface area is 168 Å². The van der Waals surface area contributed by atoms with E-state index in [9.17, 15) is 4.79 Å². The molecule has 6 nitrogen and oxygen atoms in total. The summed E-state index contributed by atoms with van der Waals surface area (Å²) in [5.41, 5.74) is 1.43. The van der Waals surface area contributed by atoms with Crippen LogP contribution in [0.15, 0.2) is 59.9 Å². The number of pyridine rings is 1. The Kier molecular flexibility index (Phi) is 3.68. The number of nitrogens with zero attached hydrogens (tertiary/aromatic N) is 3. The van der Waals surface area contributed by atoms with Gasteiger partial charge in [0.25, 0.3) is 0 Å². The van der Waals surface area contributed by atoms with Gasteiger partial charge in [0.1, 0.15) is 18.0 Å². The van der Waals surface area contributed by atoms with Crippen LogP contribution in [-0.2, 0) is 14.9 Å². The number of hydrogen-bond donors (Lipinski definition) is 0. The van der Waals surface area contributed by atoms with Crippen LogP contribution in [0.25, 0.3) is 10.8 Å². The largest absolute Gasteiger partial charge is 0.468 e. The van der Waals surface area contributed by atoms with E-state index in [4.69, 9.17) is 14.5 Å². The first-order chi connectivity index (χ1) is 14.0. The van der Waals surface area contributed by atoms with Gasteiger partial charge in [0, 0.05) is 28.9 Å². The Morgan fingerprint density at radius 1 is 1.17 bits per heavy atom. The number of carbonyl (C=O) groups is 1. The maximum Gasteiger partial charge on any atom is 0.325 e. The Balaban J connectivity index is 1.70. The van der Waals surface area contributed by atoms with Gasteiger partial charge in [0.2, 0.25) is 5.72 Å². The number of rotatable bonds is 2. The van der Waals surface area contributed by atoms with Crippen LogP contribution >= 0.6 is 0 Å². The molecule has 0 saturated carbocycles. The molecule has 1 unspecified atom stereocenters. The maximum atomic E-state index is 12.3. The lowest BCUT2D eigenvalue weighted by Crippen LogP contribution is -2.63. The smallest absolute Gasteiger partial charge is 0.325 e. The van der Waals surface area contributed by atoms with Crippen molar-refractivity contribution in [3.8, 4) is 5.75 Å². The molecule has 2 aliphatic rings. The van der Waals surface area contributed by atoms with E-state index >= 15 is 0 Å². The van der Waals surface area contributed by atoms with Crippen molar-refractivity contribution in [1.29, 1.82) is 0 Å². The molecule has 3 heterocycles. The number of aliphatic imine (C=N–C) groups is 1. The fourth-order valence-electron chi connectivity index (χ4n) is 4.45. The van der Waals surface area contributed by atoms with Crippen LogP contribution in [-0.4, -0.2) is 36.5 Å². The summed E-state index contributed by atoms with van der Waals surface area (Å²) in [6.07, 6.45) is 5.40. The van der Waals surface area contributed by atoms with Crippen molar-refractivity contribution in [2.45, 2.75) is 25.0 Å². The molecule has 0 aliphatic carbocycles. The molecule has 0 bridgehead atoms. The van der Waals surface area contributed by atoms with Gasteiger partial charge < -0.3 is 14.4 Å². The van der Waals surface area contributed by atoms with E-state index in [-0.39, 0.29) is 12.5 Å². The number of ether oxygens (including phenoxy) is 2. The summed E-state index contributed by atoms with van der Waals surface area (Å²) in [5.74, 6) is 0.353. The van der Waals surface area contributed by atoms with Crippen LogP contribution in [0.5, 0.6) is 5.75 Å². The van der Waals surface area contributed by atoms with E-state index in [0.717, 1.165) is 27.7 Å². The molecule has 0 fully saturated rings. The predicted molar refractivity (Wildman–Crippen MR) is 112 cm³/mol. The summed E-state index contributed by atoms with van der Waals surface area (Å²) in [6, 6.07) is 13.9. The maximum absolute atomic E-state index is 12.3. The van der Waals surface area contributed by atoms with Crippen LogP contribution in [0.4, 0.5) is 11.4 Å². The van der Waals surface area contributed by atoms with E-state index in [2.05, 4.69) is 24.9 Å². The average Bonchev–Trinajstić information content (AvgIpc) is 2.92. The van der Waals surface area contributed by atoms with E-state index < -0.39 is 11.1 Å². The third kappa shape index (κ3) is 2.32. The fraction of sp³-hybridized carbons (Fsp3) is 0.261. The van der Waals surface area contributed by atoms with Crippen LogP contribution in [0, 0.1) is 0 Å². The van der Waals surface area contributed by atoms with E-state index in [1.54, 1.807) is 6.20 Å². The monoisotopic (exact) mass is 387 g/mol. The SMILES string of the molecule is COC(=O)CN1c2ccccc2C(C)(C)C12C=Nc1c(ccc3cnccc13)O2. The fourth-order valence-corrected chi connectivity index (χ4v) is 4.45. The van der Waals surface area contributed by atoms with Gasteiger partial charge in [0.15, 0.2) is 0 Å². The van der Waals surface area contributed by atoms with Gasteiger partial charge >= 0.3 is 5.97 Å². The number of hydrogen-bond acceptors (Lipinski definition) is 6. The van der Waals surface area contributed by atoms with Crippen LogP contribution < -0.4 is 9.64 Å². The van der Waals surface area contributed by atoms with Crippen LogP contribution in [0.1, 0.15) is 19.4 Å². The highest BCUT2D eigenvalue weighted by Crippen LogP contribution is 2.54. The second-order valence-corrected chi connectivity index (χ2v) is 7.87. The summed E-state index contributed by atoms with van der Waals surface area (Å²) in [5, 5.41) is 1.99. The van der Waals surface area contributed by atoms with Gasteiger partial charge in [-0.3, -0.25) is 14.8 Å². The van der Waals surface area contributed by atoms with Gasteiger partial charge in [0.05, 0.1) is 18.7 Å². The van der Waals surface area contributed by atoms with Gasteiger partial charge in [-0.2, -0.15) is 0 Å². The molecule has 2 aromatic carbocycles. The van der Waals surface area contributed by atoms with Crippen molar-refractivity contribution in [1.82, 2.24) is 4.98 Å². The highest BCUT2D eigenvalue weighted by atomic mass is 16.5. The number of methoxy groups -OCH3 is 1. The first-order valence-corrected chi connectivity index (χ1v) is 9.53. The standard InChI is InChI=1S/C23H21N3O3/c1-22(2)17-6-4-5-7-18(17)26(13-20(27)28-3)23(22)14-25-21-16-10-11-24-12-15(16)8-9-19(21)29-23/h4-12,14H,13H2,1-3H3. The molecule has 146 valence electrons. The summed E-state index contributed by atoms with van der Waals surface area (Å²) >= 11 is 0. The molecule has 6 heteroatoms. The number of carbonyl (C=O) groups excluding carboxylic acids is 1. The van der Waals surface area contributed by atoms with E-state index in [1.165, 1.54) is 7.11 Å². The zero-order valence-electron chi connectivity index (χ0n) is 16.5. The lowest BCUT2D eigenvalue weighted by molar-refractivity contribution is -0.139. The minimum absolute atomic E-state index is 0.0653. The third-order valence-electron chi connectivity index (χ3n) is 6.07. The Hall–Kier alpha value is -3.41. The number of esters is 1. The molecule has 0 saturated heterocycles. The number of aromatic nitrogens is 1. The van der Waals surface area contributed by atoms with Crippen molar-refractivity contribution in [2.24, 2.45) is 4.99 Å². The molecular formula is C23H21N3O3. The number of benzene rings is 2. The molecule has 0 amide bonds. The molecule has 1 spiro atoms. The predicted octanol–water partition coefficient (Wildman–Crippen LogP) is 4.00. The van der Waals surface area contributed by atoms with Gasteiger partial charge in [-0.15, -0.1) is 0 Å². The highest BCUT2D eigenvalue weighted by molar-refractivity contribution is 6.00. The Morgan fingerprint density at radius 2 is 2.00 bits per heavy atom. The molecule has 29 heavy (non-hydrogen) atoms. The molecule has 0 N–H and O–H groups in total. The molecule has 5 rings (SSSR count). The Morgan fingerprint density at radius 3 is 2.83 bits per heavy atom. The number of para-hydroxylation sites is 1. The summed E-state index contributed by atoms with van der Waals surface area (Å²) < 4.78 is 11.7. The average molecular weight is 387 g/mol. The van der Waals surface area contributed by atoms with Gasteiger partial charge in [-0.05, 0) is 43.7 Å². The quantitative estimate of drug-likeness (QED) is 0.622. The molecular weight excluding hydrogens is 366 g/mol. The van der Waals surface area contributed by atoms with Crippen molar-refractivity contribution in [3.05, 3.63) is 60.4 Å². The second-order valence-electron chi connectivity index (χ2n) is 7.87. The van der Waals surface area contributed by atoms with Gasteiger partial charge in [-0.25, -0.2) is 0 Å². The zero-order valence-corrected chi connectivity index (χ0v) is 16.5. The second kappa shape index (κ2) is 6.04. The summed E-state index contributed by atoms with van der Waals surface area (Å²) in [7, 11) is 1.40. The van der Waals surface area contributed by atoms with Crippen molar-refractivity contribution >= 4 is 34.3 Å². The van der Waals surface area contributed by atoms with Crippen molar-refractivity contribution in [3.63, 3.8) is 0 Å². The molecule has 1 atom stereocenters. The lowest BCUT2D eigenvalue weighted by Gasteiger charge is -2.45. The Bertz CT molecular complexity index is 1170. The van der Waals surface area contributed by atoms with Crippen molar-refractivity contribution in [2.75, 3.05) is 18.6 Å². The van der Waals surface area contributed by atoms with Crippen LogP contribution in [0.3, 0.4) is 0 Å². The molecule has 1 aromatic heterocycles. The first kappa shape index (κ1) is 17.7. The van der Waals surface area contributed by atoms with Crippen molar-refractivity contribution < 1.29 is 14.3 Å². The minimum atomic E-state index is -0.946. The highest BCUT2D eigenvalue weighted by Gasteiger charge is 2.60. The minimum Gasteiger partial charge on any atom is -0.468 e. The van der Waals surface area contributed by atoms with Gasteiger partial charge in [-0.1, -0.05) is 18.2 Å². The normalized spacial score (nSPS) is 21.0. The third-order valence-corrected chi connectivity index (χ3v) is 6.07. The molecule has 3 aromatic rings. The number of fused-ring (bicyclic) bond motifs is 4. The zero-order chi connectivity index (χ0) is 20.2. The van der Waals surface area contributed by atoms with E-state index in [0.29, 0.717) is 5.75 Å². The summed E-state index contributed by atoms with van der Waals surface area (Å²) in [6.45, 7) is 4.30. The molecule has 2 aliphatic heterocycles. The van der Waals surface area contributed by atoms with Crippen LogP contribution in [0.2, 0.25) is 0 Å². The summed E-state index contributed by atoms with van der Waals surface area (Å²) in [4.78, 5) is 23.3. The number of anilines is 1. The topological polar surface area (TPSA) is 64.0 Å².